The predicted octanol–water partition coefficient (Wildman–Crippen LogP) is 3.02. The zero-order valence-electron chi connectivity index (χ0n) is 12.5. The first-order valence-corrected chi connectivity index (χ1v) is 7.08. The first-order chi connectivity index (χ1) is 10.3. The highest BCUT2D eigenvalue weighted by Crippen LogP contribution is 2.15. The molecule has 0 atom stereocenters. The van der Waals surface area contributed by atoms with Gasteiger partial charge in [0.15, 0.2) is 0 Å². The van der Waals surface area contributed by atoms with Crippen LogP contribution in [0.1, 0.15) is 24.5 Å². The van der Waals surface area contributed by atoms with E-state index >= 15 is 0 Å². The molecule has 0 saturated carbocycles. The number of hydrogen-bond acceptors (Lipinski definition) is 5. The van der Waals surface area contributed by atoms with Crippen LogP contribution in [0.25, 0.3) is 0 Å². The Labute approximate surface area is 125 Å². The second-order valence-electron chi connectivity index (χ2n) is 4.65. The van der Waals surface area contributed by atoms with Crippen LogP contribution in [0.2, 0.25) is 0 Å². The van der Waals surface area contributed by atoms with Crippen molar-refractivity contribution in [1.29, 1.82) is 0 Å². The highest BCUT2D eigenvalue weighted by atomic mass is 16.5. The third kappa shape index (κ3) is 4.72. The van der Waals surface area contributed by atoms with Crippen LogP contribution in [0.5, 0.6) is 5.88 Å². The number of aromatic nitrogens is 2. The van der Waals surface area contributed by atoms with Gasteiger partial charge in [-0.05, 0) is 17.5 Å². The van der Waals surface area contributed by atoms with E-state index in [9.17, 15) is 0 Å². The summed E-state index contributed by atoms with van der Waals surface area (Å²) in [5.41, 5.74) is 2.36. The Morgan fingerprint density at radius 2 is 1.95 bits per heavy atom. The summed E-state index contributed by atoms with van der Waals surface area (Å²) in [7, 11) is 1.70. The van der Waals surface area contributed by atoms with E-state index in [0.717, 1.165) is 12.2 Å². The summed E-state index contributed by atoms with van der Waals surface area (Å²) in [6.07, 6.45) is 2.46. The van der Waals surface area contributed by atoms with Crippen molar-refractivity contribution < 1.29 is 9.47 Å². The van der Waals surface area contributed by atoms with Gasteiger partial charge < -0.3 is 14.8 Å². The molecule has 0 saturated heterocycles. The first-order valence-electron chi connectivity index (χ1n) is 7.08. The number of nitrogens with one attached hydrogen (secondary N) is 1. The SMILES string of the molecule is CCCOc1cc(NCc2ccccc2COC)ncn1. The summed E-state index contributed by atoms with van der Waals surface area (Å²) in [6.45, 7) is 4.01. The van der Waals surface area contributed by atoms with Gasteiger partial charge in [0.2, 0.25) is 5.88 Å². The maximum Gasteiger partial charge on any atom is 0.218 e. The molecule has 0 aliphatic rings. The minimum absolute atomic E-state index is 0.597. The largest absolute Gasteiger partial charge is 0.478 e. The summed E-state index contributed by atoms with van der Waals surface area (Å²) in [4.78, 5) is 8.29. The van der Waals surface area contributed by atoms with Crippen LogP contribution in [-0.4, -0.2) is 23.7 Å². The smallest absolute Gasteiger partial charge is 0.218 e. The van der Waals surface area contributed by atoms with Crippen molar-refractivity contribution >= 4 is 5.82 Å². The summed E-state index contributed by atoms with van der Waals surface area (Å²) >= 11 is 0. The zero-order valence-corrected chi connectivity index (χ0v) is 12.5. The van der Waals surface area contributed by atoms with Crippen molar-refractivity contribution in [2.45, 2.75) is 26.5 Å². The molecule has 0 fully saturated rings. The monoisotopic (exact) mass is 287 g/mol. The second kappa shape index (κ2) is 8.21. The molecule has 0 bridgehead atoms. The van der Waals surface area contributed by atoms with Crippen molar-refractivity contribution in [2.24, 2.45) is 0 Å². The molecule has 0 aliphatic heterocycles. The molecule has 0 radical (unpaired) electrons. The van der Waals surface area contributed by atoms with Crippen molar-refractivity contribution in [3.8, 4) is 5.88 Å². The molecule has 2 aromatic rings. The lowest BCUT2D eigenvalue weighted by Crippen LogP contribution is -2.06. The van der Waals surface area contributed by atoms with E-state index in [0.29, 0.717) is 25.6 Å². The average Bonchev–Trinajstić information content (AvgIpc) is 2.53. The minimum Gasteiger partial charge on any atom is -0.478 e. The molecule has 1 aromatic carbocycles. The van der Waals surface area contributed by atoms with Gasteiger partial charge in [-0.25, -0.2) is 9.97 Å². The van der Waals surface area contributed by atoms with Crippen LogP contribution in [-0.2, 0) is 17.9 Å². The van der Waals surface area contributed by atoms with Crippen molar-refractivity contribution in [2.75, 3.05) is 19.0 Å². The maximum absolute atomic E-state index is 5.50. The lowest BCUT2D eigenvalue weighted by molar-refractivity contribution is 0.184. The number of hydrogen-bond donors (Lipinski definition) is 1. The van der Waals surface area contributed by atoms with Gasteiger partial charge in [-0.2, -0.15) is 0 Å². The highest BCUT2D eigenvalue weighted by Gasteiger charge is 2.03. The molecule has 1 N–H and O–H groups in total. The van der Waals surface area contributed by atoms with Gasteiger partial charge in [-0.1, -0.05) is 31.2 Å². The fourth-order valence-electron chi connectivity index (χ4n) is 1.93. The number of anilines is 1. The van der Waals surface area contributed by atoms with Gasteiger partial charge in [0.05, 0.1) is 13.2 Å². The summed E-state index contributed by atoms with van der Waals surface area (Å²) in [6, 6.07) is 9.99. The van der Waals surface area contributed by atoms with E-state index in [1.807, 2.05) is 18.2 Å². The number of rotatable bonds is 8. The van der Waals surface area contributed by atoms with Crippen molar-refractivity contribution in [1.82, 2.24) is 9.97 Å². The first kappa shape index (κ1) is 15.3. The van der Waals surface area contributed by atoms with Gasteiger partial charge in [-0.15, -0.1) is 0 Å². The molecule has 0 unspecified atom stereocenters. The van der Waals surface area contributed by atoms with E-state index < -0.39 is 0 Å². The second-order valence-corrected chi connectivity index (χ2v) is 4.65. The predicted molar refractivity (Wildman–Crippen MR) is 82.3 cm³/mol. The van der Waals surface area contributed by atoms with Crippen LogP contribution >= 0.6 is 0 Å². The fraction of sp³-hybridized carbons (Fsp3) is 0.375. The Morgan fingerprint density at radius 3 is 2.71 bits per heavy atom. The molecule has 0 aliphatic carbocycles. The summed E-state index contributed by atoms with van der Waals surface area (Å²) < 4.78 is 10.7. The lowest BCUT2D eigenvalue weighted by atomic mass is 10.1. The molecule has 2 rings (SSSR count). The molecule has 5 nitrogen and oxygen atoms in total. The van der Waals surface area contributed by atoms with Crippen LogP contribution in [0.3, 0.4) is 0 Å². The minimum atomic E-state index is 0.597. The Hall–Kier alpha value is -2.14. The van der Waals surface area contributed by atoms with E-state index in [2.05, 4.69) is 34.3 Å². The van der Waals surface area contributed by atoms with Gasteiger partial charge in [0.25, 0.3) is 0 Å². The van der Waals surface area contributed by atoms with Crippen molar-refractivity contribution in [3.05, 3.63) is 47.8 Å². The molecular formula is C16H21N3O2. The Balaban J connectivity index is 1.99. The zero-order chi connectivity index (χ0) is 14.9. The van der Waals surface area contributed by atoms with E-state index in [-0.39, 0.29) is 0 Å². The number of methoxy groups -OCH3 is 1. The fourth-order valence-corrected chi connectivity index (χ4v) is 1.93. The highest BCUT2D eigenvalue weighted by molar-refractivity contribution is 5.39. The van der Waals surface area contributed by atoms with Crippen LogP contribution < -0.4 is 10.1 Å². The molecule has 5 heteroatoms. The average molecular weight is 287 g/mol. The molecule has 1 heterocycles. The van der Waals surface area contributed by atoms with E-state index in [1.54, 1.807) is 7.11 Å². The summed E-state index contributed by atoms with van der Waals surface area (Å²) in [5.74, 6) is 1.35. The molecule has 0 amide bonds. The Morgan fingerprint density at radius 1 is 1.14 bits per heavy atom. The van der Waals surface area contributed by atoms with E-state index in [1.165, 1.54) is 17.5 Å². The molecule has 0 spiro atoms. The van der Waals surface area contributed by atoms with Gasteiger partial charge in [-0.3, -0.25) is 0 Å². The molecule has 1 aromatic heterocycles. The van der Waals surface area contributed by atoms with Crippen LogP contribution in [0.15, 0.2) is 36.7 Å². The summed E-state index contributed by atoms with van der Waals surface area (Å²) in [5, 5.41) is 3.29. The van der Waals surface area contributed by atoms with Gasteiger partial charge in [0.1, 0.15) is 12.1 Å². The topological polar surface area (TPSA) is 56.3 Å². The lowest BCUT2D eigenvalue weighted by Gasteiger charge is -2.11. The molecule has 112 valence electrons. The van der Waals surface area contributed by atoms with Crippen molar-refractivity contribution in [3.63, 3.8) is 0 Å². The quantitative estimate of drug-likeness (QED) is 0.808. The van der Waals surface area contributed by atoms with E-state index in [4.69, 9.17) is 9.47 Å². The molecule has 21 heavy (non-hydrogen) atoms. The third-order valence-corrected chi connectivity index (χ3v) is 2.97. The van der Waals surface area contributed by atoms with Gasteiger partial charge in [0, 0.05) is 19.7 Å². The number of benzene rings is 1. The van der Waals surface area contributed by atoms with Crippen LogP contribution in [0.4, 0.5) is 5.82 Å². The maximum atomic E-state index is 5.50. The normalized spacial score (nSPS) is 10.4. The van der Waals surface area contributed by atoms with Gasteiger partial charge >= 0.3 is 0 Å². The third-order valence-electron chi connectivity index (χ3n) is 2.97. The Bertz CT molecular complexity index is 561. The standard InChI is InChI=1S/C16H21N3O2/c1-3-8-21-16-9-15(18-12-19-16)17-10-13-6-4-5-7-14(13)11-20-2/h4-7,9,12H,3,8,10-11H2,1-2H3,(H,17,18,19). The molecular weight excluding hydrogens is 266 g/mol. The van der Waals surface area contributed by atoms with Crippen LogP contribution in [0, 0.1) is 0 Å². The number of nitrogens with zero attached hydrogens (tertiary/aromatic N) is 2. The Kier molecular flexibility index (Phi) is 5.97. The number of ether oxygens (including phenoxy) is 2.